The Morgan fingerprint density at radius 1 is 0.812 bits per heavy atom. The smallest absolute Gasteiger partial charge is 0.261 e. The maximum absolute atomic E-state index is 14.3. The molecule has 0 unspecified atom stereocenters. The number of hydrogen-bond donors (Lipinski definition) is 0. The van der Waals surface area contributed by atoms with Crippen LogP contribution in [0.25, 0.3) is 0 Å². The Morgan fingerprint density at radius 3 is 2.16 bits per heavy atom. The number of carbonyl (C=O) groups is 2. The quantitative estimate of drug-likeness (QED) is 0.595. The minimum absolute atomic E-state index is 0.242. The maximum atomic E-state index is 14.3. The van der Waals surface area contributed by atoms with E-state index in [-0.39, 0.29) is 17.9 Å². The Morgan fingerprint density at radius 2 is 1.47 bits per heavy atom. The Kier molecular flexibility index (Phi) is 4.28. The molecule has 32 heavy (non-hydrogen) atoms. The molecule has 3 heterocycles. The molecule has 0 N–H and O–H groups in total. The van der Waals surface area contributed by atoms with E-state index in [0.717, 1.165) is 24.1 Å². The number of imide groups is 1. The summed E-state index contributed by atoms with van der Waals surface area (Å²) in [7, 11) is 0. The van der Waals surface area contributed by atoms with Crippen LogP contribution in [-0.4, -0.2) is 34.9 Å². The summed E-state index contributed by atoms with van der Waals surface area (Å²) in [5.74, 6) is -1.52. The van der Waals surface area contributed by atoms with Crippen molar-refractivity contribution < 1.29 is 14.0 Å². The maximum Gasteiger partial charge on any atom is 0.261 e. The van der Waals surface area contributed by atoms with E-state index in [1.54, 1.807) is 0 Å². The Hall–Kier alpha value is -3.35. The van der Waals surface area contributed by atoms with Crippen LogP contribution in [0, 0.1) is 11.7 Å². The number of benzene rings is 3. The van der Waals surface area contributed by atoms with Gasteiger partial charge in [-0.3, -0.25) is 9.59 Å². The van der Waals surface area contributed by atoms with E-state index in [4.69, 9.17) is 0 Å². The zero-order chi connectivity index (χ0) is 21.9. The summed E-state index contributed by atoms with van der Waals surface area (Å²) in [6, 6.07) is 24.9. The summed E-state index contributed by atoms with van der Waals surface area (Å²) in [5, 5.41) is 4.33. The molecule has 3 aliphatic heterocycles. The number of anilines is 1. The van der Waals surface area contributed by atoms with E-state index in [0.29, 0.717) is 12.2 Å². The molecule has 3 atom stereocenters. The van der Waals surface area contributed by atoms with Gasteiger partial charge in [0.2, 0.25) is 5.91 Å². The second-order valence-corrected chi connectivity index (χ2v) is 8.56. The Balaban J connectivity index is 1.60. The van der Waals surface area contributed by atoms with Crippen molar-refractivity contribution in [3.05, 3.63) is 102 Å². The van der Waals surface area contributed by atoms with Crippen LogP contribution in [-0.2, 0) is 15.1 Å². The summed E-state index contributed by atoms with van der Waals surface area (Å²) in [4.78, 5) is 29.6. The van der Waals surface area contributed by atoms with Gasteiger partial charge in [0, 0.05) is 13.1 Å². The lowest BCUT2D eigenvalue weighted by Crippen LogP contribution is -2.52. The Labute approximate surface area is 185 Å². The molecule has 3 fully saturated rings. The molecule has 0 radical (unpaired) electrons. The average molecular weight is 427 g/mol. The van der Waals surface area contributed by atoms with Crippen molar-refractivity contribution in [2.45, 2.75) is 18.0 Å². The third-order valence-electron chi connectivity index (χ3n) is 7.02. The highest BCUT2D eigenvalue weighted by molar-refractivity contribution is 6.26. The molecule has 0 aliphatic carbocycles. The number of hydrazine groups is 1. The molecule has 3 aliphatic rings. The molecule has 6 rings (SSSR count). The highest BCUT2D eigenvalue weighted by Gasteiger charge is 2.73. The SMILES string of the molecule is O=C1[C@@H]2[C@H](c3ccccc3)N3CCCN3[C@]2(c2ccccc2)C(=O)N1c1ccc(F)cc1. The van der Waals surface area contributed by atoms with Gasteiger partial charge in [0.25, 0.3) is 5.91 Å². The first-order valence-corrected chi connectivity index (χ1v) is 10.9. The van der Waals surface area contributed by atoms with E-state index in [1.165, 1.54) is 29.2 Å². The lowest BCUT2D eigenvalue weighted by molar-refractivity contribution is -0.134. The Bertz CT molecular complexity index is 1180. The number of carbonyl (C=O) groups excluding carboxylic acids is 2. The predicted molar refractivity (Wildman–Crippen MR) is 118 cm³/mol. The van der Waals surface area contributed by atoms with Crippen molar-refractivity contribution in [1.29, 1.82) is 0 Å². The van der Waals surface area contributed by atoms with Crippen LogP contribution in [0.3, 0.4) is 0 Å². The lowest BCUT2D eigenvalue weighted by atomic mass is 9.75. The van der Waals surface area contributed by atoms with E-state index in [1.807, 2.05) is 60.7 Å². The highest BCUT2D eigenvalue weighted by atomic mass is 19.1. The molecule has 3 aromatic carbocycles. The number of halogens is 1. The van der Waals surface area contributed by atoms with Gasteiger partial charge in [0.1, 0.15) is 5.82 Å². The fourth-order valence-electron chi connectivity index (χ4n) is 5.82. The van der Waals surface area contributed by atoms with Crippen LogP contribution < -0.4 is 4.90 Å². The number of hydrogen-bond acceptors (Lipinski definition) is 4. The van der Waals surface area contributed by atoms with E-state index in [9.17, 15) is 14.0 Å². The zero-order valence-electron chi connectivity index (χ0n) is 17.4. The number of nitrogens with zero attached hydrogens (tertiary/aromatic N) is 3. The first-order chi connectivity index (χ1) is 15.6. The number of fused-ring (bicyclic) bond motifs is 3. The van der Waals surface area contributed by atoms with Gasteiger partial charge < -0.3 is 0 Å². The predicted octanol–water partition coefficient (Wildman–Crippen LogP) is 3.89. The van der Waals surface area contributed by atoms with Crippen molar-refractivity contribution in [2.24, 2.45) is 5.92 Å². The molecule has 5 nitrogen and oxygen atoms in total. The van der Waals surface area contributed by atoms with Gasteiger partial charge in [-0.05, 0) is 41.8 Å². The van der Waals surface area contributed by atoms with Crippen molar-refractivity contribution >= 4 is 17.5 Å². The number of amides is 2. The van der Waals surface area contributed by atoms with Gasteiger partial charge in [0.15, 0.2) is 5.54 Å². The molecule has 0 bridgehead atoms. The fourth-order valence-corrected chi connectivity index (χ4v) is 5.82. The number of rotatable bonds is 3. The zero-order valence-corrected chi connectivity index (χ0v) is 17.4. The van der Waals surface area contributed by atoms with Crippen LogP contribution in [0.15, 0.2) is 84.9 Å². The van der Waals surface area contributed by atoms with Crippen molar-refractivity contribution in [3.63, 3.8) is 0 Å². The third kappa shape index (κ3) is 2.45. The standard InChI is InChI=1S/C26H22FN3O2/c27-20-12-14-21(15-13-20)30-24(31)22-23(18-8-3-1-4-9-18)28-16-7-17-29(28)26(22,25(30)32)19-10-5-2-6-11-19/h1-6,8-15,22-23H,7,16-17H2/t22-,23-,26-/m0/s1. The molecule has 160 valence electrons. The first-order valence-electron chi connectivity index (χ1n) is 10.9. The molecule has 3 saturated heterocycles. The largest absolute Gasteiger partial charge is 0.274 e. The van der Waals surface area contributed by atoms with Crippen molar-refractivity contribution in [1.82, 2.24) is 10.0 Å². The van der Waals surface area contributed by atoms with Gasteiger partial charge in [-0.1, -0.05) is 60.7 Å². The van der Waals surface area contributed by atoms with Gasteiger partial charge in [-0.2, -0.15) is 0 Å². The summed E-state index contributed by atoms with van der Waals surface area (Å²) < 4.78 is 13.6. The van der Waals surface area contributed by atoms with Gasteiger partial charge in [-0.15, -0.1) is 0 Å². The average Bonchev–Trinajstić information content (AvgIpc) is 3.46. The van der Waals surface area contributed by atoms with Crippen LogP contribution in [0.2, 0.25) is 0 Å². The van der Waals surface area contributed by atoms with Crippen LogP contribution in [0.5, 0.6) is 0 Å². The molecule has 2 amide bonds. The van der Waals surface area contributed by atoms with Gasteiger partial charge in [-0.25, -0.2) is 19.3 Å². The van der Waals surface area contributed by atoms with Crippen LogP contribution >= 0.6 is 0 Å². The first kappa shape index (κ1) is 19.3. The second-order valence-electron chi connectivity index (χ2n) is 8.56. The summed E-state index contributed by atoms with van der Waals surface area (Å²) in [6.07, 6.45) is 0.919. The molecule has 0 spiro atoms. The van der Waals surface area contributed by atoms with E-state index >= 15 is 0 Å². The minimum Gasteiger partial charge on any atom is -0.274 e. The van der Waals surface area contributed by atoms with Crippen molar-refractivity contribution in [2.75, 3.05) is 18.0 Å². The molecule has 3 aromatic rings. The lowest BCUT2D eigenvalue weighted by Gasteiger charge is -2.36. The van der Waals surface area contributed by atoms with Crippen LogP contribution in [0.4, 0.5) is 10.1 Å². The summed E-state index contributed by atoms with van der Waals surface area (Å²) in [5.41, 5.74) is 1.12. The fraction of sp³-hybridized carbons (Fsp3) is 0.231. The van der Waals surface area contributed by atoms with E-state index < -0.39 is 17.3 Å². The molecular formula is C26H22FN3O2. The normalized spacial score (nSPS) is 27.7. The molecule has 0 saturated carbocycles. The summed E-state index contributed by atoms with van der Waals surface area (Å²) >= 11 is 0. The topological polar surface area (TPSA) is 43.9 Å². The van der Waals surface area contributed by atoms with Crippen molar-refractivity contribution in [3.8, 4) is 0 Å². The molecule has 6 heteroatoms. The second kappa shape index (κ2) is 7.08. The highest BCUT2D eigenvalue weighted by Crippen LogP contribution is 2.59. The molecule has 0 aromatic heterocycles. The van der Waals surface area contributed by atoms with Gasteiger partial charge >= 0.3 is 0 Å². The van der Waals surface area contributed by atoms with E-state index in [2.05, 4.69) is 10.0 Å². The summed E-state index contributed by atoms with van der Waals surface area (Å²) in [6.45, 7) is 1.49. The minimum atomic E-state index is -1.12. The van der Waals surface area contributed by atoms with Gasteiger partial charge in [0.05, 0.1) is 17.6 Å². The third-order valence-corrected chi connectivity index (χ3v) is 7.02. The van der Waals surface area contributed by atoms with Crippen LogP contribution in [0.1, 0.15) is 23.6 Å². The molecular weight excluding hydrogens is 405 g/mol. The monoisotopic (exact) mass is 427 g/mol.